The molecule has 0 aromatic carbocycles. The van der Waals surface area contributed by atoms with Gasteiger partial charge in [0.05, 0.1) is 6.54 Å². The van der Waals surface area contributed by atoms with Gasteiger partial charge in [-0.1, -0.05) is 19.8 Å². The number of halogens is 1. The molecule has 0 bridgehead atoms. The Kier molecular flexibility index (Phi) is 9.71. The lowest BCUT2D eigenvalue weighted by molar-refractivity contribution is 0.142. The van der Waals surface area contributed by atoms with Gasteiger partial charge in [0.2, 0.25) is 0 Å². The van der Waals surface area contributed by atoms with Crippen LogP contribution in [-0.2, 0) is 0 Å². The topological polar surface area (TPSA) is 39.7 Å². The highest BCUT2D eigenvalue weighted by molar-refractivity contribution is 14.0. The van der Waals surface area contributed by atoms with Crippen LogP contribution in [0.5, 0.6) is 0 Å². The number of likely N-dealkylation sites (tertiary alicyclic amines) is 1. The molecule has 2 unspecified atom stereocenters. The first-order valence-electron chi connectivity index (χ1n) is 8.98. The van der Waals surface area contributed by atoms with E-state index >= 15 is 0 Å². The van der Waals surface area contributed by atoms with Gasteiger partial charge in [-0.15, -0.1) is 24.0 Å². The normalized spacial score (nSPS) is 25.6. The summed E-state index contributed by atoms with van der Waals surface area (Å²) in [7, 11) is 0. The molecule has 5 heteroatoms. The first kappa shape index (κ1) is 20.0. The molecule has 22 heavy (non-hydrogen) atoms. The molecule has 0 aromatic rings. The summed E-state index contributed by atoms with van der Waals surface area (Å²) in [6.45, 7) is 11.1. The number of guanidine groups is 1. The number of nitrogens with one attached hydrogen (secondary N) is 2. The van der Waals surface area contributed by atoms with Crippen molar-refractivity contribution in [1.29, 1.82) is 0 Å². The molecule has 0 amide bonds. The van der Waals surface area contributed by atoms with Gasteiger partial charge >= 0.3 is 0 Å². The Balaban J connectivity index is 0.00000242. The molecule has 2 fully saturated rings. The fraction of sp³-hybridized carbons (Fsp3) is 0.941. The summed E-state index contributed by atoms with van der Waals surface area (Å²) in [5.41, 5.74) is 0. The molecular weight excluding hydrogens is 387 g/mol. The van der Waals surface area contributed by atoms with E-state index < -0.39 is 0 Å². The van der Waals surface area contributed by atoms with E-state index in [1.807, 2.05) is 0 Å². The predicted octanol–water partition coefficient (Wildman–Crippen LogP) is 3.22. The van der Waals surface area contributed by atoms with E-state index in [-0.39, 0.29) is 24.0 Å². The Bertz CT molecular complexity index is 329. The van der Waals surface area contributed by atoms with Crippen LogP contribution in [0.1, 0.15) is 59.3 Å². The van der Waals surface area contributed by atoms with E-state index in [2.05, 4.69) is 36.3 Å². The second-order valence-electron chi connectivity index (χ2n) is 6.94. The van der Waals surface area contributed by atoms with Gasteiger partial charge in [0.25, 0.3) is 0 Å². The van der Waals surface area contributed by atoms with Crippen LogP contribution in [0, 0.1) is 5.92 Å². The molecule has 2 N–H and O–H groups in total. The summed E-state index contributed by atoms with van der Waals surface area (Å²) < 4.78 is 0. The Morgan fingerprint density at radius 1 is 1.23 bits per heavy atom. The first-order valence-corrected chi connectivity index (χ1v) is 8.98. The van der Waals surface area contributed by atoms with Crippen molar-refractivity contribution in [2.45, 2.75) is 71.4 Å². The minimum atomic E-state index is 0. The maximum absolute atomic E-state index is 4.83. The number of hydrogen-bond donors (Lipinski definition) is 2. The lowest BCUT2D eigenvalue weighted by Gasteiger charge is -2.35. The fourth-order valence-corrected chi connectivity index (χ4v) is 3.55. The van der Waals surface area contributed by atoms with Crippen LogP contribution in [0.3, 0.4) is 0 Å². The highest BCUT2D eigenvalue weighted by Crippen LogP contribution is 2.18. The van der Waals surface area contributed by atoms with Crippen molar-refractivity contribution < 1.29 is 0 Å². The minimum Gasteiger partial charge on any atom is -0.357 e. The summed E-state index contributed by atoms with van der Waals surface area (Å²) in [5, 5.41) is 7.00. The molecule has 2 atom stereocenters. The van der Waals surface area contributed by atoms with Crippen LogP contribution in [0.2, 0.25) is 0 Å². The van der Waals surface area contributed by atoms with E-state index in [9.17, 15) is 0 Å². The SMILES string of the molecule is CCNC(=NCC(C)N1CCCC(C)C1)NC1CCCC1.I. The molecule has 1 heterocycles. The van der Waals surface area contributed by atoms with Crippen molar-refractivity contribution in [3.63, 3.8) is 0 Å². The van der Waals surface area contributed by atoms with Gasteiger partial charge in [0, 0.05) is 25.2 Å². The zero-order chi connectivity index (χ0) is 15.1. The maximum atomic E-state index is 4.83. The van der Waals surface area contributed by atoms with E-state index in [1.54, 1.807) is 0 Å². The summed E-state index contributed by atoms with van der Waals surface area (Å²) in [6.07, 6.45) is 8.04. The third-order valence-corrected chi connectivity index (χ3v) is 4.87. The van der Waals surface area contributed by atoms with Crippen molar-refractivity contribution in [2.75, 3.05) is 26.2 Å². The lowest BCUT2D eigenvalue weighted by Crippen LogP contribution is -2.45. The van der Waals surface area contributed by atoms with Gasteiger partial charge in [-0.25, -0.2) is 0 Å². The summed E-state index contributed by atoms with van der Waals surface area (Å²) in [5.74, 6) is 1.86. The van der Waals surface area contributed by atoms with Crippen LogP contribution < -0.4 is 10.6 Å². The molecule has 1 aliphatic heterocycles. The number of piperidine rings is 1. The highest BCUT2D eigenvalue weighted by atomic mass is 127. The zero-order valence-corrected chi connectivity index (χ0v) is 16.9. The number of rotatable bonds is 5. The molecule has 130 valence electrons. The van der Waals surface area contributed by atoms with Gasteiger partial charge in [-0.3, -0.25) is 9.89 Å². The molecule has 2 rings (SSSR count). The second kappa shape index (κ2) is 10.7. The molecule has 4 nitrogen and oxygen atoms in total. The van der Waals surface area contributed by atoms with Crippen molar-refractivity contribution in [3.05, 3.63) is 0 Å². The molecule has 0 spiro atoms. The van der Waals surface area contributed by atoms with E-state index in [1.165, 1.54) is 51.6 Å². The first-order chi connectivity index (χ1) is 10.2. The van der Waals surface area contributed by atoms with Crippen LogP contribution in [-0.4, -0.2) is 49.1 Å². The Morgan fingerprint density at radius 3 is 2.59 bits per heavy atom. The zero-order valence-electron chi connectivity index (χ0n) is 14.6. The van der Waals surface area contributed by atoms with Crippen LogP contribution in [0.4, 0.5) is 0 Å². The summed E-state index contributed by atoms with van der Waals surface area (Å²) in [6, 6.07) is 1.18. The molecule has 0 radical (unpaired) electrons. The average Bonchev–Trinajstić information content (AvgIpc) is 2.97. The Morgan fingerprint density at radius 2 is 1.95 bits per heavy atom. The van der Waals surface area contributed by atoms with E-state index in [0.29, 0.717) is 12.1 Å². The van der Waals surface area contributed by atoms with Gasteiger partial charge in [-0.2, -0.15) is 0 Å². The Hall–Kier alpha value is -0.0400. The maximum Gasteiger partial charge on any atom is 0.191 e. The van der Waals surface area contributed by atoms with Gasteiger partial charge in [0.1, 0.15) is 0 Å². The van der Waals surface area contributed by atoms with Crippen LogP contribution >= 0.6 is 24.0 Å². The second-order valence-corrected chi connectivity index (χ2v) is 6.94. The van der Waals surface area contributed by atoms with Crippen molar-refractivity contribution in [3.8, 4) is 0 Å². The number of nitrogens with zero attached hydrogens (tertiary/aromatic N) is 2. The molecule has 1 saturated carbocycles. The Labute approximate surface area is 153 Å². The van der Waals surface area contributed by atoms with Crippen LogP contribution in [0.15, 0.2) is 4.99 Å². The predicted molar refractivity (Wildman–Crippen MR) is 106 cm³/mol. The molecular formula is C17H35IN4. The highest BCUT2D eigenvalue weighted by Gasteiger charge is 2.21. The lowest BCUT2D eigenvalue weighted by atomic mass is 9.99. The van der Waals surface area contributed by atoms with E-state index in [4.69, 9.17) is 4.99 Å². The van der Waals surface area contributed by atoms with Gasteiger partial charge < -0.3 is 10.6 Å². The molecule has 1 aliphatic carbocycles. The average molecular weight is 422 g/mol. The number of hydrogen-bond acceptors (Lipinski definition) is 2. The van der Waals surface area contributed by atoms with Crippen molar-refractivity contribution in [2.24, 2.45) is 10.9 Å². The number of aliphatic imine (C=N–C) groups is 1. The molecule has 1 saturated heterocycles. The largest absolute Gasteiger partial charge is 0.357 e. The summed E-state index contributed by atoms with van der Waals surface area (Å²) in [4.78, 5) is 7.44. The van der Waals surface area contributed by atoms with Crippen LogP contribution in [0.25, 0.3) is 0 Å². The minimum absolute atomic E-state index is 0. The van der Waals surface area contributed by atoms with E-state index in [0.717, 1.165) is 25.0 Å². The monoisotopic (exact) mass is 422 g/mol. The summed E-state index contributed by atoms with van der Waals surface area (Å²) >= 11 is 0. The quantitative estimate of drug-likeness (QED) is 0.406. The van der Waals surface area contributed by atoms with Gasteiger partial charge in [-0.05, 0) is 52.0 Å². The molecule has 0 aromatic heterocycles. The molecule has 2 aliphatic rings. The smallest absolute Gasteiger partial charge is 0.191 e. The van der Waals surface area contributed by atoms with Crippen molar-refractivity contribution >= 4 is 29.9 Å². The van der Waals surface area contributed by atoms with Crippen molar-refractivity contribution in [1.82, 2.24) is 15.5 Å². The van der Waals surface area contributed by atoms with Gasteiger partial charge in [0.15, 0.2) is 5.96 Å². The fourth-order valence-electron chi connectivity index (χ4n) is 3.55. The standard InChI is InChI=1S/C17H34N4.HI/c1-4-18-17(20-16-9-5-6-10-16)19-12-15(3)21-11-7-8-14(2)13-21;/h14-16H,4-13H2,1-3H3,(H2,18,19,20);1H. The third-order valence-electron chi connectivity index (χ3n) is 4.87. The third kappa shape index (κ3) is 6.60.